The zero-order valence-electron chi connectivity index (χ0n) is 11.4. The minimum atomic E-state index is -0.313. The van der Waals surface area contributed by atoms with Crippen LogP contribution in [0.1, 0.15) is 25.3 Å². The fourth-order valence-corrected chi connectivity index (χ4v) is 3.38. The highest BCUT2D eigenvalue weighted by atomic mass is 32.2. The number of amides is 1. The van der Waals surface area contributed by atoms with Gasteiger partial charge in [-0.05, 0) is 43.2 Å². The number of hydrogen-bond acceptors (Lipinski definition) is 4. The van der Waals surface area contributed by atoms with E-state index in [2.05, 4.69) is 10.5 Å². The van der Waals surface area contributed by atoms with Crippen LogP contribution in [0.5, 0.6) is 0 Å². The fraction of sp³-hybridized carbons (Fsp3) is 0.429. The van der Waals surface area contributed by atoms with Gasteiger partial charge in [0, 0.05) is 12.1 Å². The van der Waals surface area contributed by atoms with Crippen molar-refractivity contribution < 1.29 is 10.0 Å². The molecule has 1 aromatic rings. The quantitative estimate of drug-likeness (QED) is 0.344. The number of nitrogens with one attached hydrogen (secondary N) is 1. The summed E-state index contributed by atoms with van der Waals surface area (Å²) in [6.45, 7) is 1.99. The number of nitrogens with zero attached hydrogens (tertiary/aromatic N) is 1. The molecule has 1 atom stereocenters. The van der Waals surface area contributed by atoms with Gasteiger partial charge in [0.15, 0.2) is 0 Å². The summed E-state index contributed by atoms with van der Waals surface area (Å²) >= 11 is 1.71. The van der Waals surface area contributed by atoms with Crippen LogP contribution in [-0.2, 0) is 11.2 Å². The van der Waals surface area contributed by atoms with Crippen LogP contribution < -0.4 is 11.1 Å². The van der Waals surface area contributed by atoms with E-state index in [9.17, 15) is 4.79 Å². The average molecular weight is 293 g/mol. The van der Waals surface area contributed by atoms with E-state index in [-0.39, 0.29) is 16.5 Å². The lowest BCUT2D eigenvalue weighted by Crippen LogP contribution is -2.34. The maximum atomic E-state index is 12.2. The van der Waals surface area contributed by atoms with Crippen LogP contribution >= 0.6 is 11.8 Å². The highest BCUT2D eigenvalue weighted by molar-refractivity contribution is 8.01. The zero-order chi connectivity index (χ0) is 14.6. The third kappa shape index (κ3) is 3.45. The Bertz CT molecular complexity index is 508. The summed E-state index contributed by atoms with van der Waals surface area (Å²) in [4.78, 5) is 12.2. The van der Waals surface area contributed by atoms with Crippen molar-refractivity contribution >= 4 is 29.2 Å². The van der Waals surface area contributed by atoms with E-state index in [1.54, 1.807) is 11.8 Å². The van der Waals surface area contributed by atoms with Crippen LogP contribution in [0.2, 0.25) is 0 Å². The zero-order valence-corrected chi connectivity index (χ0v) is 12.2. The maximum absolute atomic E-state index is 12.2. The van der Waals surface area contributed by atoms with Gasteiger partial charge in [-0.2, -0.15) is 0 Å². The predicted octanol–water partition coefficient (Wildman–Crippen LogP) is 2.20. The Labute approximate surface area is 122 Å². The summed E-state index contributed by atoms with van der Waals surface area (Å²) in [6, 6.07) is 7.39. The molecule has 20 heavy (non-hydrogen) atoms. The lowest BCUT2D eigenvalue weighted by Gasteiger charge is -2.21. The number of nitrogens with two attached hydrogens (primary N) is 1. The Hall–Kier alpha value is -1.69. The van der Waals surface area contributed by atoms with Crippen LogP contribution in [0.15, 0.2) is 29.4 Å². The molecule has 0 radical (unpaired) electrons. The van der Waals surface area contributed by atoms with Gasteiger partial charge in [-0.25, -0.2) is 0 Å². The van der Waals surface area contributed by atoms with E-state index in [4.69, 9.17) is 10.9 Å². The van der Waals surface area contributed by atoms with E-state index in [1.807, 2.05) is 31.2 Å². The molecule has 0 aromatic heterocycles. The Morgan fingerprint density at radius 3 is 2.75 bits per heavy atom. The van der Waals surface area contributed by atoms with Crippen molar-refractivity contribution in [3.63, 3.8) is 0 Å². The SMILES string of the molecule is CC1(C(=O)Nc2ccc(C/C(N)=N/O)cc2)CCCS1. The molecule has 4 N–H and O–H groups in total. The summed E-state index contributed by atoms with van der Waals surface area (Å²) in [5.41, 5.74) is 7.15. The van der Waals surface area contributed by atoms with Crippen LogP contribution in [0, 0.1) is 0 Å². The second-order valence-corrected chi connectivity index (χ2v) is 6.70. The van der Waals surface area contributed by atoms with E-state index >= 15 is 0 Å². The first-order valence-electron chi connectivity index (χ1n) is 6.54. The number of carbonyl (C=O) groups excluding carboxylic acids is 1. The minimum absolute atomic E-state index is 0.0594. The summed E-state index contributed by atoms with van der Waals surface area (Å²) < 4.78 is -0.313. The number of thioether (sulfide) groups is 1. The molecule has 1 fully saturated rings. The lowest BCUT2D eigenvalue weighted by atomic mass is 10.0. The van der Waals surface area contributed by atoms with Gasteiger partial charge >= 0.3 is 0 Å². The highest BCUT2D eigenvalue weighted by Crippen LogP contribution is 2.38. The van der Waals surface area contributed by atoms with Crippen molar-refractivity contribution in [2.24, 2.45) is 10.9 Å². The Morgan fingerprint density at radius 1 is 1.50 bits per heavy atom. The van der Waals surface area contributed by atoms with Gasteiger partial charge in [-0.1, -0.05) is 17.3 Å². The molecule has 2 rings (SSSR count). The Balaban J connectivity index is 1.98. The molecule has 5 nitrogen and oxygen atoms in total. The summed E-state index contributed by atoms with van der Waals surface area (Å²) in [5.74, 6) is 1.27. The predicted molar refractivity (Wildman–Crippen MR) is 82.3 cm³/mol. The molecule has 0 saturated carbocycles. The summed E-state index contributed by atoms with van der Waals surface area (Å²) in [6.07, 6.45) is 2.40. The number of rotatable bonds is 4. The number of benzene rings is 1. The number of amidine groups is 1. The van der Waals surface area contributed by atoms with Crippen molar-refractivity contribution in [2.45, 2.75) is 30.9 Å². The molecular weight excluding hydrogens is 274 g/mol. The van der Waals surface area contributed by atoms with Gasteiger partial charge in [0.2, 0.25) is 5.91 Å². The summed E-state index contributed by atoms with van der Waals surface area (Å²) in [7, 11) is 0. The second kappa shape index (κ2) is 6.17. The Morgan fingerprint density at radius 2 is 2.20 bits per heavy atom. The number of carbonyl (C=O) groups is 1. The molecule has 1 saturated heterocycles. The minimum Gasteiger partial charge on any atom is -0.409 e. The van der Waals surface area contributed by atoms with Gasteiger partial charge < -0.3 is 16.3 Å². The lowest BCUT2D eigenvalue weighted by molar-refractivity contribution is -0.118. The largest absolute Gasteiger partial charge is 0.409 e. The number of anilines is 1. The molecule has 0 aliphatic carbocycles. The van der Waals surface area contributed by atoms with Gasteiger partial charge in [0.1, 0.15) is 5.84 Å². The highest BCUT2D eigenvalue weighted by Gasteiger charge is 2.37. The van der Waals surface area contributed by atoms with Crippen molar-refractivity contribution in [1.29, 1.82) is 0 Å². The Kier molecular flexibility index (Phi) is 4.54. The van der Waals surface area contributed by atoms with Gasteiger partial charge in [-0.15, -0.1) is 11.8 Å². The van der Waals surface area contributed by atoms with Gasteiger partial charge in [0.25, 0.3) is 0 Å². The molecule has 0 bridgehead atoms. The van der Waals surface area contributed by atoms with Crippen LogP contribution in [-0.4, -0.2) is 27.4 Å². The average Bonchev–Trinajstić information content (AvgIpc) is 2.89. The monoisotopic (exact) mass is 293 g/mol. The van der Waals surface area contributed by atoms with Crippen molar-refractivity contribution in [1.82, 2.24) is 0 Å². The molecule has 1 heterocycles. The van der Waals surface area contributed by atoms with Gasteiger partial charge in [0.05, 0.1) is 4.75 Å². The molecule has 108 valence electrons. The van der Waals surface area contributed by atoms with Crippen molar-refractivity contribution in [2.75, 3.05) is 11.1 Å². The van der Waals surface area contributed by atoms with E-state index in [1.165, 1.54) is 0 Å². The first kappa shape index (κ1) is 14.7. The number of hydrogen-bond donors (Lipinski definition) is 3. The molecule has 1 unspecified atom stereocenters. The summed E-state index contributed by atoms with van der Waals surface area (Å²) in [5, 5.41) is 14.4. The molecule has 1 aromatic carbocycles. The molecule has 0 spiro atoms. The third-order valence-corrected chi connectivity index (χ3v) is 4.94. The fourth-order valence-electron chi connectivity index (χ4n) is 2.17. The van der Waals surface area contributed by atoms with Crippen LogP contribution in [0.4, 0.5) is 5.69 Å². The molecular formula is C14H19N3O2S. The van der Waals surface area contributed by atoms with E-state index < -0.39 is 0 Å². The molecule has 1 amide bonds. The first-order chi connectivity index (χ1) is 9.53. The molecule has 1 aliphatic heterocycles. The van der Waals surface area contributed by atoms with Crippen LogP contribution in [0.3, 0.4) is 0 Å². The normalized spacial score (nSPS) is 22.8. The molecule has 1 aliphatic rings. The standard InChI is InChI=1S/C14H19N3O2S/c1-14(7-2-8-20-14)13(18)16-11-5-3-10(4-6-11)9-12(15)17-19/h3-6,19H,2,7-9H2,1H3,(H2,15,17)(H,16,18). The maximum Gasteiger partial charge on any atom is 0.240 e. The topological polar surface area (TPSA) is 87.7 Å². The van der Waals surface area contributed by atoms with Gasteiger partial charge in [-0.3, -0.25) is 4.79 Å². The smallest absolute Gasteiger partial charge is 0.240 e. The van der Waals surface area contributed by atoms with Crippen molar-refractivity contribution in [3.05, 3.63) is 29.8 Å². The third-order valence-electron chi connectivity index (χ3n) is 3.42. The van der Waals surface area contributed by atoms with Crippen LogP contribution in [0.25, 0.3) is 0 Å². The molecule has 6 heteroatoms. The van der Waals surface area contributed by atoms with E-state index in [0.29, 0.717) is 6.42 Å². The van der Waals surface area contributed by atoms with E-state index in [0.717, 1.165) is 29.8 Å². The van der Waals surface area contributed by atoms with Crippen molar-refractivity contribution in [3.8, 4) is 0 Å². The number of oxime groups is 1. The second-order valence-electron chi connectivity index (χ2n) is 5.10. The first-order valence-corrected chi connectivity index (χ1v) is 7.53.